The first-order chi connectivity index (χ1) is 21.6. The Labute approximate surface area is 274 Å². The first kappa shape index (κ1) is 40.8. The van der Waals surface area contributed by atoms with E-state index in [1.54, 1.807) is 31.2 Å². The van der Waals surface area contributed by atoms with Gasteiger partial charge in [-0.05, 0) is 37.2 Å². The van der Waals surface area contributed by atoms with Crippen molar-refractivity contribution in [2.45, 2.75) is 163 Å². The topological polar surface area (TPSA) is 86.7 Å². The van der Waals surface area contributed by atoms with Gasteiger partial charge in [0.1, 0.15) is 25.4 Å². The lowest BCUT2D eigenvalue weighted by Gasteiger charge is -2.19. The molecule has 0 heterocycles. The van der Waals surface area contributed by atoms with E-state index in [9.17, 15) is 19.2 Å². The summed E-state index contributed by atoms with van der Waals surface area (Å²) in [6, 6.07) is 6.50. The molecule has 0 aliphatic rings. The standard InChI is InChI=1S/C39H64O6/c1-7-9-10-11-12-13-14-15-16-17-18-19-20-24-35(41)39(26-31(5)6)45-29-37(43)33-23-21-22-32(27-33)36(42)28-44-38(25-30(3)4)34(40)8-2/h21-23,27,30-31,38-39H,7-20,24-26,28-29H2,1-6H3/t38-,39-/m1/s1. The quantitative estimate of drug-likeness (QED) is 0.0648. The Balaban J connectivity index is 2.48. The molecule has 6 heteroatoms. The second-order valence-corrected chi connectivity index (χ2v) is 13.6. The molecule has 1 rings (SSSR count). The molecule has 2 atom stereocenters. The number of unbranched alkanes of at least 4 members (excludes halogenated alkanes) is 12. The molecule has 0 saturated carbocycles. The lowest BCUT2D eigenvalue weighted by molar-refractivity contribution is -0.131. The van der Waals surface area contributed by atoms with Gasteiger partial charge in [-0.2, -0.15) is 0 Å². The Kier molecular flexibility index (Phi) is 22.7. The van der Waals surface area contributed by atoms with E-state index in [1.807, 2.05) is 27.7 Å². The summed E-state index contributed by atoms with van der Waals surface area (Å²) in [5.41, 5.74) is 0.710. The van der Waals surface area contributed by atoms with Crippen LogP contribution in [0.15, 0.2) is 24.3 Å². The summed E-state index contributed by atoms with van der Waals surface area (Å²) in [5, 5.41) is 0. The van der Waals surface area contributed by atoms with Gasteiger partial charge in [0.2, 0.25) is 0 Å². The summed E-state index contributed by atoms with van der Waals surface area (Å²) >= 11 is 0. The number of Topliss-reactive ketones (excluding diaryl/α,β-unsaturated/α-hetero) is 4. The highest BCUT2D eigenvalue weighted by atomic mass is 16.5. The number of hydrogen-bond acceptors (Lipinski definition) is 6. The molecule has 0 spiro atoms. The molecule has 0 amide bonds. The van der Waals surface area contributed by atoms with Crippen LogP contribution in [-0.2, 0) is 19.1 Å². The fourth-order valence-electron chi connectivity index (χ4n) is 5.53. The molecule has 1 aromatic carbocycles. The highest BCUT2D eigenvalue weighted by Crippen LogP contribution is 2.17. The third-order valence-corrected chi connectivity index (χ3v) is 8.30. The van der Waals surface area contributed by atoms with Gasteiger partial charge in [-0.1, -0.05) is 137 Å². The Bertz CT molecular complexity index is 981. The fourth-order valence-corrected chi connectivity index (χ4v) is 5.53. The van der Waals surface area contributed by atoms with Crippen molar-refractivity contribution in [1.29, 1.82) is 0 Å². The van der Waals surface area contributed by atoms with Crippen molar-refractivity contribution in [3.8, 4) is 0 Å². The number of hydrogen-bond donors (Lipinski definition) is 0. The van der Waals surface area contributed by atoms with Crippen molar-refractivity contribution in [3.63, 3.8) is 0 Å². The summed E-state index contributed by atoms with van der Waals surface area (Å²) in [6.07, 6.45) is 17.2. The van der Waals surface area contributed by atoms with Gasteiger partial charge in [-0.3, -0.25) is 19.2 Å². The number of carbonyl (C=O) groups is 4. The Morgan fingerprint density at radius 3 is 1.38 bits per heavy atom. The Morgan fingerprint density at radius 2 is 0.978 bits per heavy atom. The Morgan fingerprint density at radius 1 is 0.578 bits per heavy atom. The summed E-state index contributed by atoms with van der Waals surface area (Å²) in [6.45, 7) is 11.7. The zero-order valence-corrected chi connectivity index (χ0v) is 29.5. The molecule has 1 aromatic rings. The lowest BCUT2D eigenvalue weighted by atomic mass is 9.98. The highest BCUT2D eigenvalue weighted by molar-refractivity contribution is 6.02. The minimum absolute atomic E-state index is 0.0165. The maximum atomic E-state index is 13.0. The van der Waals surface area contributed by atoms with Crippen LogP contribution in [0.3, 0.4) is 0 Å². The van der Waals surface area contributed by atoms with Gasteiger partial charge in [0.25, 0.3) is 0 Å². The van der Waals surface area contributed by atoms with E-state index in [-0.39, 0.29) is 48.2 Å². The smallest absolute Gasteiger partial charge is 0.188 e. The first-order valence-corrected chi connectivity index (χ1v) is 18.0. The van der Waals surface area contributed by atoms with Crippen molar-refractivity contribution >= 4 is 23.1 Å². The third kappa shape index (κ3) is 19.2. The molecule has 0 radical (unpaired) electrons. The predicted octanol–water partition coefficient (Wildman–Crippen LogP) is 9.94. The molecule has 45 heavy (non-hydrogen) atoms. The first-order valence-electron chi connectivity index (χ1n) is 18.0. The van der Waals surface area contributed by atoms with E-state index in [1.165, 1.54) is 64.2 Å². The van der Waals surface area contributed by atoms with Gasteiger partial charge < -0.3 is 9.47 Å². The van der Waals surface area contributed by atoms with Gasteiger partial charge in [-0.15, -0.1) is 0 Å². The largest absolute Gasteiger partial charge is 0.362 e. The van der Waals surface area contributed by atoms with E-state index < -0.39 is 12.2 Å². The second-order valence-electron chi connectivity index (χ2n) is 13.6. The number of rotatable bonds is 29. The molecule has 0 saturated heterocycles. The number of ketones is 4. The average molecular weight is 629 g/mol. The molecule has 0 N–H and O–H groups in total. The highest BCUT2D eigenvalue weighted by Gasteiger charge is 2.23. The molecule has 0 bridgehead atoms. The molecule has 0 aliphatic heterocycles. The molecule has 0 aromatic heterocycles. The summed E-state index contributed by atoms with van der Waals surface area (Å²) in [7, 11) is 0. The minimum Gasteiger partial charge on any atom is -0.362 e. The molecular formula is C39H64O6. The van der Waals surface area contributed by atoms with Gasteiger partial charge >= 0.3 is 0 Å². The van der Waals surface area contributed by atoms with Crippen molar-refractivity contribution in [3.05, 3.63) is 35.4 Å². The zero-order valence-electron chi connectivity index (χ0n) is 29.5. The summed E-state index contributed by atoms with van der Waals surface area (Å²) < 4.78 is 11.6. The van der Waals surface area contributed by atoms with E-state index in [0.29, 0.717) is 36.8 Å². The van der Waals surface area contributed by atoms with Crippen LogP contribution in [0, 0.1) is 11.8 Å². The monoisotopic (exact) mass is 628 g/mol. The lowest BCUT2D eigenvalue weighted by Crippen LogP contribution is -2.29. The van der Waals surface area contributed by atoms with Crippen LogP contribution < -0.4 is 0 Å². The second kappa shape index (κ2) is 25.0. The average Bonchev–Trinajstić information content (AvgIpc) is 3.02. The summed E-state index contributed by atoms with van der Waals surface area (Å²) in [5.74, 6) is 0.0271. The molecule has 0 fully saturated rings. The summed E-state index contributed by atoms with van der Waals surface area (Å²) in [4.78, 5) is 51.1. The van der Waals surface area contributed by atoms with Crippen molar-refractivity contribution in [2.75, 3.05) is 13.2 Å². The van der Waals surface area contributed by atoms with E-state index >= 15 is 0 Å². The van der Waals surface area contributed by atoms with Gasteiger partial charge in [0, 0.05) is 24.0 Å². The van der Waals surface area contributed by atoms with Crippen LogP contribution in [0.25, 0.3) is 0 Å². The van der Waals surface area contributed by atoms with Crippen LogP contribution in [-0.4, -0.2) is 48.6 Å². The predicted molar refractivity (Wildman–Crippen MR) is 184 cm³/mol. The maximum absolute atomic E-state index is 13.0. The molecular weight excluding hydrogens is 564 g/mol. The Hall–Kier alpha value is -2.18. The molecule has 6 nitrogen and oxygen atoms in total. The van der Waals surface area contributed by atoms with Crippen LogP contribution in [0.4, 0.5) is 0 Å². The molecule has 0 aliphatic carbocycles. The van der Waals surface area contributed by atoms with Gasteiger partial charge in [0.05, 0.1) is 0 Å². The van der Waals surface area contributed by atoms with E-state index in [4.69, 9.17) is 9.47 Å². The molecule has 256 valence electrons. The number of ether oxygens (including phenoxy) is 2. The van der Waals surface area contributed by atoms with Crippen LogP contribution in [0.5, 0.6) is 0 Å². The maximum Gasteiger partial charge on any atom is 0.188 e. The normalized spacial score (nSPS) is 12.9. The van der Waals surface area contributed by atoms with Crippen molar-refractivity contribution in [1.82, 2.24) is 0 Å². The van der Waals surface area contributed by atoms with Crippen molar-refractivity contribution in [2.24, 2.45) is 11.8 Å². The molecule has 0 unspecified atom stereocenters. The van der Waals surface area contributed by atoms with Crippen LogP contribution in [0.1, 0.15) is 171 Å². The van der Waals surface area contributed by atoms with E-state index in [2.05, 4.69) is 6.92 Å². The van der Waals surface area contributed by atoms with Crippen molar-refractivity contribution < 1.29 is 28.7 Å². The number of carbonyl (C=O) groups excluding carboxylic acids is 4. The third-order valence-electron chi connectivity index (χ3n) is 8.30. The van der Waals surface area contributed by atoms with Gasteiger partial charge in [0.15, 0.2) is 23.1 Å². The van der Waals surface area contributed by atoms with Gasteiger partial charge in [-0.25, -0.2) is 0 Å². The van der Waals surface area contributed by atoms with Crippen LogP contribution >= 0.6 is 0 Å². The fraction of sp³-hybridized carbons (Fsp3) is 0.744. The van der Waals surface area contributed by atoms with Crippen LogP contribution in [0.2, 0.25) is 0 Å². The zero-order chi connectivity index (χ0) is 33.5. The van der Waals surface area contributed by atoms with E-state index in [0.717, 1.165) is 19.3 Å². The SMILES string of the molecule is CCCCCCCCCCCCCCCC(=O)[C@@H](CC(C)C)OCC(=O)c1cccc(C(=O)CO[C@H](CC(C)C)C(=O)CC)c1. The minimum atomic E-state index is -0.604. The number of benzene rings is 1.